The first-order valence-electron chi connectivity index (χ1n) is 12.8. The monoisotopic (exact) mass is 421 g/mol. The third-order valence-corrected chi connectivity index (χ3v) is 5.93. The number of esters is 1. The molecule has 1 heterocycles. The summed E-state index contributed by atoms with van der Waals surface area (Å²) in [5.74, 6) is -0.313. The molecule has 0 bridgehead atoms. The molecule has 4 nitrogen and oxygen atoms in total. The highest BCUT2D eigenvalue weighted by Gasteiger charge is 2.28. The number of rotatable bonds is 20. The molecule has 0 aromatic heterocycles. The van der Waals surface area contributed by atoms with Gasteiger partial charge in [-0.2, -0.15) is 0 Å². The van der Waals surface area contributed by atoms with E-state index in [2.05, 4.69) is 24.4 Å². The normalized spacial score (nSPS) is 16.3. The lowest BCUT2D eigenvalue weighted by Gasteiger charge is -2.09. The summed E-state index contributed by atoms with van der Waals surface area (Å²) in [7, 11) is 0. The molecule has 1 amide bonds. The van der Waals surface area contributed by atoms with E-state index >= 15 is 0 Å². The summed E-state index contributed by atoms with van der Waals surface area (Å²) in [5.41, 5.74) is 0. The molecule has 0 unspecified atom stereocenters. The van der Waals surface area contributed by atoms with Crippen molar-refractivity contribution in [3.05, 3.63) is 12.2 Å². The average molecular weight is 422 g/mol. The van der Waals surface area contributed by atoms with Crippen molar-refractivity contribution in [2.45, 2.75) is 135 Å². The van der Waals surface area contributed by atoms with Gasteiger partial charge in [-0.05, 0) is 38.5 Å². The molecule has 0 aromatic carbocycles. The fraction of sp³-hybridized carbons (Fsp3) is 0.846. The van der Waals surface area contributed by atoms with Gasteiger partial charge in [0.25, 0.3) is 0 Å². The van der Waals surface area contributed by atoms with E-state index in [-0.39, 0.29) is 11.9 Å². The Morgan fingerprint density at radius 3 is 1.83 bits per heavy atom. The summed E-state index contributed by atoms with van der Waals surface area (Å²) in [5, 5.41) is 2.65. The van der Waals surface area contributed by atoms with Crippen LogP contribution in [0.1, 0.15) is 129 Å². The number of ether oxygens (including phenoxy) is 1. The maximum Gasteiger partial charge on any atom is 0.328 e. The SMILES string of the molecule is CCCCCCCCCC/C=C/CCCCCCCCCOC(=O)[C@@H]1CCC(=O)N1. The fourth-order valence-electron chi connectivity index (χ4n) is 3.94. The molecule has 0 saturated carbocycles. The maximum atomic E-state index is 11.7. The van der Waals surface area contributed by atoms with Crippen LogP contribution in [0.25, 0.3) is 0 Å². The minimum absolute atomic E-state index is 0.0454. The highest BCUT2D eigenvalue weighted by atomic mass is 16.5. The van der Waals surface area contributed by atoms with Gasteiger partial charge in [0.15, 0.2) is 0 Å². The van der Waals surface area contributed by atoms with Gasteiger partial charge in [-0.25, -0.2) is 4.79 Å². The first-order valence-corrected chi connectivity index (χ1v) is 12.8. The molecule has 0 aliphatic carbocycles. The highest BCUT2D eigenvalue weighted by Crippen LogP contribution is 2.12. The summed E-state index contributed by atoms with van der Waals surface area (Å²) >= 11 is 0. The summed E-state index contributed by atoms with van der Waals surface area (Å²) < 4.78 is 5.25. The van der Waals surface area contributed by atoms with Gasteiger partial charge >= 0.3 is 5.97 Å². The number of amides is 1. The molecular formula is C26H47NO3. The zero-order chi connectivity index (χ0) is 21.7. The lowest BCUT2D eigenvalue weighted by atomic mass is 10.1. The molecule has 1 fully saturated rings. The molecule has 174 valence electrons. The molecular weight excluding hydrogens is 374 g/mol. The third kappa shape index (κ3) is 15.5. The molecule has 0 aromatic rings. The zero-order valence-corrected chi connectivity index (χ0v) is 19.6. The molecule has 0 spiro atoms. The highest BCUT2D eigenvalue weighted by molar-refractivity contribution is 5.87. The molecule has 1 atom stereocenters. The van der Waals surface area contributed by atoms with Crippen molar-refractivity contribution in [1.82, 2.24) is 5.32 Å². The van der Waals surface area contributed by atoms with E-state index in [0.717, 1.165) is 12.8 Å². The number of unbranched alkanes of at least 4 members (excludes halogenated alkanes) is 15. The van der Waals surface area contributed by atoms with E-state index in [1.165, 1.54) is 96.3 Å². The van der Waals surface area contributed by atoms with Crippen LogP contribution in [0, 0.1) is 0 Å². The Labute approximate surface area is 185 Å². The van der Waals surface area contributed by atoms with Crippen LogP contribution in [0.15, 0.2) is 12.2 Å². The van der Waals surface area contributed by atoms with Gasteiger partial charge in [-0.3, -0.25) is 4.79 Å². The van der Waals surface area contributed by atoms with Crippen LogP contribution in [0.4, 0.5) is 0 Å². The second-order valence-electron chi connectivity index (χ2n) is 8.82. The number of hydrogen-bond donors (Lipinski definition) is 1. The first-order chi connectivity index (χ1) is 14.7. The number of nitrogens with one attached hydrogen (secondary N) is 1. The van der Waals surface area contributed by atoms with Crippen molar-refractivity contribution < 1.29 is 14.3 Å². The minimum atomic E-state index is -0.410. The summed E-state index contributed by atoms with van der Waals surface area (Å²) in [6.45, 7) is 2.76. The third-order valence-electron chi connectivity index (χ3n) is 5.93. The average Bonchev–Trinajstić information content (AvgIpc) is 3.18. The summed E-state index contributed by atoms with van der Waals surface area (Å²) in [6.07, 6.45) is 27.9. The lowest BCUT2D eigenvalue weighted by molar-refractivity contribution is -0.146. The van der Waals surface area contributed by atoms with E-state index in [1.54, 1.807) is 0 Å². The molecule has 1 aliphatic heterocycles. The molecule has 30 heavy (non-hydrogen) atoms. The van der Waals surface area contributed by atoms with E-state index in [1.807, 2.05) is 0 Å². The molecule has 1 N–H and O–H groups in total. The number of allylic oxidation sites excluding steroid dienone is 2. The van der Waals surface area contributed by atoms with Crippen LogP contribution in [-0.4, -0.2) is 24.5 Å². The Bertz CT molecular complexity index is 461. The zero-order valence-electron chi connectivity index (χ0n) is 19.6. The first kappa shape index (κ1) is 26.7. The van der Waals surface area contributed by atoms with E-state index in [0.29, 0.717) is 19.4 Å². The number of hydrogen-bond acceptors (Lipinski definition) is 3. The Morgan fingerprint density at radius 2 is 1.33 bits per heavy atom. The van der Waals surface area contributed by atoms with Gasteiger partial charge in [-0.15, -0.1) is 0 Å². The molecule has 1 rings (SSSR count). The predicted molar refractivity (Wildman–Crippen MR) is 125 cm³/mol. The second-order valence-corrected chi connectivity index (χ2v) is 8.82. The maximum absolute atomic E-state index is 11.7. The van der Waals surface area contributed by atoms with Crippen molar-refractivity contribution in [2.75, 3.05) is 6.61 Å². The van der Waals surface area contributed by atoms with Crippen LogP contribution < -0.4 is 5.32 Å². The fourth-order valence-corrected chi connectivity index (χ4v) is 3.94. The quantitative estimate of drug-likeness (QED) is 0.131. The molecule has 1 aliphatic rings. The Balaban J connectivity index is 1.73. The van der Waals surface area contributed by atoms with Gasteiger partial charge in [0.2, 0.25) is 5.91 Å². The van der Waals surface area contributed by atoms with Gasteiger partial charge in [0.1, 0.15) is 6.04 Å². The molecule has 4 heteroatoms. The van der Waals surface area contributed by atoms with Crippen molar-refractivity contribution >= 4 is 11.9 Å². The van der Waals surface area contributed by atoms with Crippen molar-refractivity contribution in [1.29, 1.82) is 0 Å². The Morgan fingerprint density at radius 1 is 0.833 bits per heavy atom. The van der Waals surface area contributed by atoms with Crippen LogP contribution >= 0.6 is 0 Å². The predicted octanol–water partition coefficient (Wildman–Crippen LogP) is 7.02. The topological polar surface area (TPSA) is 55.4 Å². The van der Waals surface area contributed by atoms with Crippen LogP contribution in [0.2, 0.25) is 0 Å². The van der Waals surface area contributed by atoms with Crippen LogP contribution in [0.3, 0.4) is 0 Å². The van der Waals surface area contributed by atoms with Gasteiger partial charge in [0.05, 0.1) is 6.61 Å². The Hall–Kier alpha value is -1.32. The van der Waals surface area contributed by atoms with Gasteiger partial charge in [0, 0.05) is 6.42 Å². The van der Waals surface area contributed by atoms with Gasteiger partial charge < -0.3 is 10.1 Å². The smallest absolute Gasteiger partial charge is 0.328 e. The largest absolute Gasteiger partial charge is 0.464 e. The Kier molecular flexibility index (Phi) is 17.5. The van der Waals surface area contributed by atoms with Crippen molar-refractivity contribution in [2.24, 2.45) is 0 Å². The molecule has 0 radical (unpaired) electrons. The van der Waals surface area contributed by atoms with Gasteiger partial charge in [-0.1, -0.05) is 96.1 Å². The minimum Gasteiger partial charge on any atom is -0.464 e. The summed E-state index contributed by atoms with van der Waals surface area (Å²) in [4.78, 5) is 22.8. The second kappa shape index (κ2) is 19.6. The lowest BCUT2D eigenvalue weighted by Crippen LogP contribution is -2.34. The summed E-state index contributed by atoms with van der Waals surface area (Å²) in [6, 6.07) is -0.410. The van der Waals surface area contributed by atoms with Crippen LogP contribution in [-0.2, 0) is 14.3 Å². The number of carbonyl (C=O) groups is 2. The van der Waals surface area contributed by atoms with Crippen molar-refractivity contribution in [3.63, 3.8) is 0 Å². The van der Waals surface area contributed by atoms with E-state index in [9.17, 15) is 9.59 Å². The van der Waals surface area contributed by atoms with Crippen molar-refractivity contribution in [3.8, 4) is 0 Å². The molecule has 1 saturated heterocycles. The number of carbonyl (C=O) groups excluding carboxylic acids is 2. The van der Waals surface area contributed by atoms with E-state index < -0.39 is 6.04 Å². The standard InChI is InChI=1S/C26H47NO3/c1-2-3-4-5-6-7-8-9-10-11-12-13-14-15-16-17-18-19-20-23-30-26(29)24-21-22-25(28)27-24/h11-12,24H,2-10,13-23H2,1H3,(H,27,28)/b12-11+/t24-/m0/s1. The van der Waals surface area contributed by atoms with Crippen LogP contribution in [0.5, 0.6) is 0 Å². The van der Waals surface area contributed by atoms with E-state index in [4.69, 9.17) is 4.74 Å².